The molecule has 0 saturated heterocycles. The predicted octanol–water partition coefficient (Wildman–Crippen LogP) is 4.87. The van der Waals surface area contributed by atoms with Gasteiger partial charge in [0.25, 0.3) is 6.10 Å². The quantitative estimate of drug-likeness (QED) is 0.133. The molecule has 2 aromatic carbocycles. The van der Waals surface area contributed by atoms with Gasteiger partial charge in [0.1, 0.15) is 4.90 Å². The van der Waals surface area contributed by atoms with Gasteiger partial charge in [0.2, 0.25) is 0 Å². The van der Waals surface area contributed by atoms with Crippen LogP contribution >= 0.6 is 45.2 Å². The highest BCUT2D eigenvalue weighted by molar-refractivity contribution is 14.1. The van der Waals surface area contributed by atoms with Crippen LogP contribution in [0.25, 0.3) is 6.08 Å². The third kappa shape index (κ3) is 6.80. The fraction of sp³-hybridized carbons (Fsp3) is 0.167. The maximum atomic E-state index is 13.7. The van der Waals surface area contributed by atoms with Gasteiger partial charge in [-0.3, -0.25) is 4.55 Å². The summed E-state index contributed by atoms with van der Waals surface area (Å²) in [5, 5.41) is -5.90. The van der Waals surface area contributed by atoms with Crippen LogP contribution in [0.1, 0.15) is 15.9 Å². The van der Waals surface area contributed by atoms with Crippen molar-refractivity contribution in [2.45, 2.75) is 22.4 Å². The van der Waals surface area contributed by atoms with Crippen molar-refractivity contribution in [2.75, 3.05) is 0 Å². The molecular weight excluding hydrogens is 757 g/mol. The van der Waals surface area contributed by atoms with Gasteiger partial charge in [-0.15, -0.1) is 0 Å². The molecule has 1 atom stereocenters. The monoisotopic (exact) mass is 768 g/mol. The number of halogens is 7. The second-order valence-corrected chi connectivity index (χ2v) is 11.8. The number of ether oxygens (including phenoxy) is 1. The zero-order chi connectivity index (χ0) is 27.0. The molecule has 0 heterocycles. The number of benzene rings is 2. The summed E-state index contributed by atoms with van der Waals surface area (Å²) in [5.74, 6) is -2.35. The summed E-state index contributed by atoms with van der Waals surface area (Å²) >= 11 is 2.95. The largest absolute Gasteiger partial charge is 0.441 e. The third-order valence-corrected chi connectivity index (χ3v) is 7.74. The topological polar surface area (TPSA) is 124 Å². The molecule has 0 aliphatic carbocycles. The van der Waals surface area contributed by atoms with E-state index >= 15 is 0 Å². The second kappa shape index (κ2) is 10.4. The highest BCUT2D eigenvalue weighted by Gasteiger charge is 2.66. The Hall–Kier alpha value is -1.58. The number of esters is 1. The fourth-order valence-electron chi connectivity index (χ4n) is 2.32. The first kappa shape index (κ1) is 29.6. The molecule has 1 N–H and O–H groups in total. The van der Waals surface area contributed by atoms with Gasteiger partial charge in [-0.25, -0.2) is 4.79 Å². The summed E-state index contributed by atoms with van der Waals surface area (Å²) < 4.78 is 130. The van der Waals surface area contributed by atoms with Gasteiger partial charge in [0.05, 0.1) is 12.7 Å². The lowest BCUT2D eigenvalue weighted by Crippen LogP contribution is -2.52. The van der Waals surface area contributed by atoms with E-state index in [0.29, 0.717) is 5.56 Å². The molecule has 0 fully saturated rings. The standard InChI is InChI=1S/C18H11F5I2O8S2/c1-2-9-3-5-11(6-4-9)34(27,28)33-14-12(24)7-10(8-13(14)25)15(26)32-16(17(19,20)21)18(22,23)35(29,30)31/h2-8,16H,1H2,(H,29,30,31). The molecule has 2 aromatic rings. The van der Waals surface area contributed by atoms with E-state index in [1.165, 1.54) is 75.5 Å². The van der Waals surface area contributed by atoms with E-state index in [4.69, 9.17) is 8.74 Å². The number of hydrogen-bond donors (Lipinski definition) is 1. The van der Waals surface area contributed by atoms with E-state index in [9.17, 15) is 43.6 Å². The Morgan fingerprint density at radius 1 is 1.00 bits per heavy atom. The number of carbonyl (C=O) groups is 1. The molecule has 8 nitrogen and oxygen atoms in total. The Balaban J connectivity index is 2.39. The molecule has 0 aliphatic heterocycles. The van der Waals surface area contributed by atoms with Crippen molar-refractivity contribution in [3.8, 4) is 5.75 Å². The summed E-state index contributed by atoms with van der Waals surface area (Å²) in [6.07, 6.45) is -9.13. The summed E-state index contributed by atoms with van der Waals surface area (Å²) in [5.41, 5.74) is -0.146. The van der Waals surface area contributed by atoms with Crippen LogP contribution in [0.4, 0.5) is 22.0 Å². The van der Waals surface area contributed by atoms with Crippen LogP contribution in [0.3, 0.4) is 0 Å². The van der Waals surface area contributed by atoms with E-state index in [2.05, 4.69) is 11.3 Å². The maximum absolute atomic E-state index is 13.7. The van der Waals surface area contributed by atoms with Crippen LogP contribution < -0.4 is 4.18 Å². The molecule has 0 saturated carbocycles. The fourth-order valence-corrected chi connectivity index (χ4v) is 6.03. The Kier molecular flexibility index (Phi) is 8.83. The zero-order valence-corrected chi connectivity index (χ0v) is 22.5. The average molecular weight is 768 g/mol. The second-order valence-electron chi connectivity index (χ2n) is 6.44. The predicted molar refractivity (Wildman–Crippen MR) is 128 cm³/mol. The molecule has 1 unspecified atom stereocenters. The van der Waals surface area contributed by atoms with E-state index in [1.807, 2.05) is 0 Å². The molecule has 0 amide bonds. The van der Waals surface area contributed by atoms with Gasteiger partial charge in [-0.2, -0.15) is 38.8 Å². The van der Waals surface area contributed by atoms with Crippen LogP contribution in [0, 0.1) is 7.14 Å². The molecule has 0 spiro atoms. The first-order chi connectivity index (χ1) is 15.8. The van der Waals surface area contributed by atoms with Crippen molar-refractivity contribution in [1.82, 2.24) is 0 Å². The van der Waals surface area contributed by atoms with E-state index in [0.717, 1.165) is 12.1 Å². The summed E-state index contributed by atoms with van der Waals surface area (Å²) in [4.78, 5) is 11.9. The maximum Gasteiger partial charge on any atom is 0.432 e. The third-order valence-electron chi connectivity index (χ3n) is 4.00. The van der Waals surface area contributed by atoms with Gasteiger partial charge >= 0.3 is 37.6 Å². The smallest absolute Gasteiger partial charge is 0.432 e. The van der Waals surface area contributed by atoms with Crippen LogP contribution in [0.15, 0.2) is 47.9 Å². The van der Waals surface area contributed by atoms with Gasteiger partial charge < -0.3 is 8.92 Å². The Bertz CT molecular complexity index is 1340. The highest BCUT2D eigenvalue weighted by atomic mass is 127. The highest BCUT2D eigenvalue weighted by Crippen LogP contribution is 2.39. The minimum Gasteiger partial charge on any atom is -0.441 e. The molecule has 0 aromatic heterocycles. The minimum atomic E-state index is -6.61. The molecule has 0 bridgehead atoms. The van der Waals surface area contributed by atoms with Crippen molar-refractivity contribution < 1.29 is 57.1 Å². The Labute approximate surface area is 222 Å². The lowest BCUT2D eigenvalue weighted by atomic mass is 10.2. The molecule has 35 heavy (non-hydrogen) atoms. The molecular formula is C18H11F5I2O8S2. The Morgan fingerprint density at radius 3 is 1.89 bits per heavy atom. The molecule has 2 rings (SSSR count). The van der Waals surface area contributed by atoms with E-state index < -0.39 is 49.3 Å². The normalized spacial score (nSPS) is 13.7. The van der Waals surface area contributed by atoms with Gasteiger partial charge in [-0.1, -0.05) is 24.8 Å². The Morgan fingerprint density at radius 2 is 1.49 bits per heavy atom. The lowest BCUT2D eigenvalue weighted by Gasteiger charge is -2.26. The lowest BCUT2D eigenvalue weighted by molar-refractivity contribution is -0.248. The SMILES string of the molecule is C=Cc1ccc(S(=O)(=O)Oc2c(I)cc(C(=O)OC(C(F)(F)F)C(F)(F)S(=O)(=O)O)cc2I)cc1. The molecule has 0 aliphatic rings. The van der Waals surface area contributed by atoms with Crippen LogP contribution in [-0.2, 0) is 25.0 Å². The molecule has 17 heteroatoms. The number of rotatable bonds is 8. The van der Waals surface area contributed by atoms with Gasteiger partial charge in [-0.05, 0) is 75.0 Å². The first-order valence-corrected chi connectivity index (χ1v) is 13.6. The summed E-state index contributed by atoms with van der Waals surface area (Å²) in [7, 11) is -11.0. The minimum absolute atomic E-state index is 0.141. The number of carbonyl (C=O) groups excluding carboxylic acids is 1. The zero-order valence-electron chi connectivity index (χ0n) is 16.6. The van der Waals surface area contributed by atoms with Crippen molar-refractivity contribution in [3.63, 3.8) is 0 Å². The van der Waals surface area contributed by atoms with Crippen molar-refractivity contribution in [3.05, 3.63) is 61.2 Å². The summed E-state index contributed by atoms with van der Waals surface area (Å²) in [6.45, 7) is 3.53. The first-order valence-electron chi connectivity index (χ1n) is 8.60. The van der Waals surface area contributed by atoms with E-state index in [1.54, 1.807) is 0 Å². The summed E-state index contributed by atoms with van der Waals surface area (Å²) in [6, 6.07) is 6.88. The van der Waals surface area contributed by atoms with Gasteiger partial charge in [0, 0.05) is 0 Å². The number of hydrogen-bond acceptors (Lipinski definition) is 7. The van der Waals surface area contributed by atoms with Crippen molar-refractivity contribution >= 4 is 77.5 Å². The van der Waals surface area contributed by atoms with Gasteiger partial charge in [0.15, 0.2) is 5.75 Å². The van der Waals surface area contributed by atoms with E-state index in [-0.39, 0.29) is 17.8 Å². The van der Waals surface area contributed by atoms with Crippen LogP contribution in [0.5, 0.6) is 5.75 Å². The molecule has 0 radical (unpaired) electrons. The van der Waals surface area contributed by atoms with Crippen LogP contribution in [-0.4, -0.2) is 44.9 Å². The molecule has 192 valence electrons. The van der Waals surface area contributed by atoms with Crippen molar-refractivity contribution in [1.29, 1.82) is 0 Å². The van der Waals surface area contributed by atoms with Crippen LogP contribution in [0.2, 0.25) is 0 Å². The number of alkyl halides is 5. The average Bonchev–Trinajstić information content (AvgIpc) is 2.72. The van der Waals surface area contributed by atoms with Crippen molar-refractivity contribution in [2.24, 2.45) is 0 Å².